The van der Waals surface area contributed by atoms with Gasteiger partial charge in [-0.15, -0.1) is 0 Å². The fourth-order valence-electron chi connectivity index (χ4n) is 1.77. The van der Waals surface area contributed by atoms with Crippen molar-refractivity contribution < 1.29 is 9.53 Å². The Labute approximate surface area is 107 Å². The van der Waals surface area contributed by atoms with Gasteiger partial charge in [0.1, 0.15) is 5.60 Å². The molecule has 0 aliphatic heterocycles. The predicted octanol–water partition coefficient (Wildman–Crippen LogP) is 3.38. The minimum absolute atomic E-state index is 0.313. The Hall–Kier alpha value is -2.03. The quantitative estimate of drug-likeness (QED) is 0.617. The molecule has 18 heavy (non-hydrogen) atoms. The molecule has 0 unspecified atom stereocenters. The van der Waals surface area contributed by atoms with Crippen LogP contribution in [0.25, 0.3) is 10.8 Å². The molecule has 0 aliphatic carbocycles. The van der Waals surface area contributed by atoms with E-state index in [0.29, 0.717) is 11.3 Å². The molecule has 2 aromatic carbocycles. The van der Waals surface area contributed by atoms with Crippen LogP contribution in [-0.2, 0) is 4.74 Å². The van der Waals surface area contributed by atoms with Gasteiger partial charge in [-0.25, -0.2) is 4.79 Å². The third kappa shape index (κ3) is 2.62. The van der Waals surface area contributed by atoms with Crippen LogP contribution in [0.5, 0.6) is 0 Å². The molecule has 3 heteroatoms. The summed E-state index contributed by atoms with van der Waals surface area (Å²) in [7, 11) is 0. The average Bonchev–Trinajstić information content (AvgIpc) is 2.26. The molecule has 0 amide bonds. The lowest BCUT2D eigenvalue weighted by Crippen LogP contribution is -2.23. The zero-order valence-electron chi connectivity index (χ0n) is 10.9. The van der Waals surface area contributed by atoms with Crippen molar-refractivity contribution in [1.82, 2.24) is 0 Å². The highest BCUT2D eigenvalue weighted by molar-refractivity contribution is 5.99. The fraction of sp³-hybridized carbons (Fsp3) is 0.267. The van der Waals surface area contributed by atoms with Crippen molar-refractivity contribution >= 4 is 22.4 Å². The Bertz CT molecular complexity index is 597. The lowest BCUT2D eigenvalue weighted by Gasteiger charge is -2.19. The summed E-state index contributed by atoms with van der Waals surface area (Å²) in [5.74, 6) is -0.313. The number of carbonyl (C=O) groups is 1. The molecular formula is C15H17NO2. The lowest BCUT2D eigenvalue weighted by atomic mass is 10.1. The predicted molar refractivity (Wildman–Crippen MR) is 73.5 cm³/mol. The molecule has 0 spiro atoms. The van der Waals surface area contributed by atoms with E-state index in [4.69, 9.17) is 10.5 Å². The molecule has 2 N–H and O–H groups in total. The van der Waals surface area contributed by atoms with Crippen molar-refractivity contribution in [3.05, 3.63) is 42.0 Å². The SMILES string of the molecule is CC(C)(C)OC(=O)c1ccc2c(N)cccc2c1. The molecule has 0 bridgehead atoms. The minimum Gasteiger partial charge on any atom is -0.456 e. The molecule has 0 aliphatic rings. The van der Waals surface area contributed by atoms with Crippen molar-refractivity contribution in [1.29, 1.82) is 0 Å². The molecule has 3 nitrogen and oxygen atoms in total. The van der Waals surface area contributed by atoms with E-state index in [2.05, 4.69) is 0 Å². The summed E-state index contributed by atoms with van der Waals surface area (Å²) < 4.78 is 5.33. The maximum atomic E-state index is 11.9. The third-order valence-corrected chi connectivity index (χ3v) is 2.55. The number of nitrogens with two attached hydrogens (primary N) is 1. The second kappa shape index (κ2) is 4.33. The lowest BCUT2D eigenvalue weighted by molar-refractivity contribution is 0.00697. The molecule has 0 heterocycles. The minimum atomic E-state index is -0.484. The van der Waals surface area contributed by atoms with Crippen molar-refractivity contribution in [3.8, 4) is 0 Å². The van der Waals surface area contributed by atoms with Gasteiger partial charge in [0, 0.05) is 11.1 Å². The third-order valence-electron chi connectivity index (χ3n) is 2.55. The maximum Gasteiger partial charge on any atom is 0.338 e. The van der Waals surface area contributed by atoms with Crippen molar-refractivity contribution in [3.63, 3.8) is 0 Å². The van der Waals surface area contributed by atoms with Gasteiger partial charge < -0.3 is 10.5 Å². The number of rotatable bonds is 1. The molecule has 2 rings (SSSR count). The summed E-state index contributed by atoms with van der Waals surface area (Å²) in [6, 6.07) is 11.0. The second-order valence-electron chi connectivity index (χ2n) is 5.29. The topological polar surface area (TPSA) is 52.3 Å². The van der Waals surface area contributed by atoms with Crippen LogP contribution in [0.2, 0.25) is 0 Å². The second-order valence-corrected chi connectivity index (χ2v) is 5.29. The van der Waals surface area contributed by atoms with Crippen LogP contribution in [0.3, 0.4) is 0 Å². The molecule has 0 saturated carbocycles. The van der Waals surface area contributed by atoms with Crippen LogP contribution in [0.4, 0.5) is 5.69 Å². The Morgan fingerprint density at radius 1 is 1.17 bits per heavy atom. The van der Waals surface area contributed by atoms with Crippen LogP contribution >= 0.6 is 0 Å². The number of esters is 1. The van der Waals surface area contributed by atoms with Crippen molar-refractivity contribution in [2.75, 3.05) is 5.73 Å². The van der Waals surface area contributed by atoms with E-state index in [1.54, 1.807) is 12.1 Å². The Kier molecular flexibility index (Phi) is 2.99. The normalized spacial score (nSPS) is 11.5. The van der Waals surface area contributed by atoms with Gasteiger partial charge >= 0.3 is 5.97 Å². The van der Waals surface area contributed by atoms with Crippen LogP contribution in [-0.4, -0.2) is 11.6 Å². The van der Waals surface area contributed by atoms with E-state index in [1.165, 1.54) is 0 Å². The molecule has 0 radical (unpaired) electrons. The average molecular weight is 243 g/mol. The Morgan fingerprint density at radius 3 is 2.56 bits per heavy atom. The van der Waals surface area contributed by atoms with Gasteiger partial charge in [0.05, 0.1) is 5.56 Å². The van der Waals surface area contributed by atoms with Crippen LogP contribution in [0, 0.1) is 0 Å². The summed E-state index contributed by atoms with van der Waals surface area (Å²) in [5.41, 5.74) is 6.64. The first kappa shape index (κ1) is 12.4. The number of benzene rings is 2. The maximum absolute atomic E-state index is 11.9. The van der Waals surface area contributed by atoms with E-state index < -0.39 is 5.60 Å². The highest BCUT2D eigenvalue weighted by Gasteiger charge is 2.17. The molecular weight excluding hydrogens is 226 g/mol. The van der Waals surface area contributed by atoms with Crippen LogP contribution in [0.15, 0.2) is 36.4 Å². The van der Waals surface area contributed by atoms with Gasteiger partial charge in [0.2, 0.25) is 0 Å². The van der Waals surface area contributed by atoms with E-state index >= 15 is 0 Å². The Balaban J connectivity index is 2.39. The van der Waals surface area contributed by atoms with Gasteiger partial charge in [0.25, 0.3) is 0 Å². The summed E-state index contributed by atoms with van der Waals surface area (Å²) in [4.78, 5) is 11.9. The molecule has 0 atom stereocenters. The summed E-state index contributed by atoms with van der Waals surface area (Å²) in [6.45, 7) is 5.55. The van der Waals surface area contributed by atoms with Gasteiger partial charge in [-0.05, 0) is 44.4 Å². The standard InChI is InChI=1S/C15H17NO2/c1-15(2,3)18-14(17)11-7-8-12-10(9-11)5-4-6-13(12)16/h4-9H,16H2,1-3H3. The first-order chi connectivity index (χ1) is 8.37. The summed E-state index contributed by atoms with van der Waals surface area (Å²) in [6.07, 6.45) is 0. The zero-order valence-corrected chi connectivity index (χ0v) is 10.9. The van der Waals surface area contributed by atoms with Gasteiger partial charge in [-0.3, -0.25) is 0 Å². The summed E-state index contributed by atoms with van der Waals surface area (Å²) >= 11 is 0. The largest absolute Gasteiger partial charge is 0.456 e. The molecule has 2 aromatic rings. The molecule has 94 valence electrons. The number of carbonyl (C=O) groups excluding carboxylic acids is 1. The van der Waals surface area contributed by atoms with E-state index in [-0.39, 0.29) is 5.97 Å². The first-order valence-electron chi connectivity index (χ1n) is 5.88. The van der Waals surface area contributed by atoms with Gasteiger partial charge in [-0.2, -0.15) is 0 Å². The van der Waals surface area contributed by atoms with Gasteiger partial charge in [-0.1, -0.05) is 18.2 Å². The fourth-order valence-corrected chi connectivity index (χ4v) is 1.77. The zero-order chi connectivity index (χ0) is 13.3. The number of anilines is 1. The van der Waals surface area contributed by atoms with Crippen molar-refractivity contribution in [2.24, 2.45) is 0 Å². The van der Waals surface area contributed by atoms with Gasteiger partial charge in [0.15, 0.2) is 0 Å². The van der Waals surface area contributed by atoms with E-state index in [0.717, 1.165) is 10.8 Å². The number of hydrogen-bond acceptors (Lipinski definition) is 3. The number of nitrogen functional groups attached to an aromatic ring is 1. The molecule has 0 saturated heterocycles. The molecule has 0 aromatic heterocycles. The first-order valence-corrected chi connectivity index (χ1v) is 5.88. The highest BCUT2D eigenvalue weighted by Crippen LogP contribution is 2.23. The van der Waals surface area contributed by atoms with Crippen LogP contribution < -0.4 is 5.73 Å². The number of ether oxygens (including phenoxy) is 1. The number of hydrogen-bond donors (Lipinski definition) is 1. The Morgan fingerprint density at radius 2 is 1.89 bits per heavy atom. The van der Waals surface area contributed by atoms with E-state index in [9.17, 15) is 4.79 Å². The molecule has 0 fully saturated rings. The summed E-state index contributed by atoms with van der Waals surface area (Å²) in [5, 5.41) is 1.89. The monoisotopic (exact) mass is 243 g/mol. The van der Waals surface area contributed by atoms with E-state index in [1.807, 2.05) is 45.0 Å². The smallest absolute Gasteiger partial charge is 0.338 e. The highest BCUT2D eigenvalue weighted by atomic mass is 16.6. The van der Waals surface area contributed by atoms with Crippen LogP contribution in [0.1, 0.15) is 31.1 Å². The number of fused-ring (bicyclic) bond motifs is 1. The van der Waals surface area contributed by atoms with Crippen molar-refractivity contribution in [2.45, 2.75) is 26.4 Å².